The lowest BCUT2D eigenvalue weighted by Crippen LogP contribution is -2.31. The zero-order chi connectivity index (χ0) is 13.1. The van der Waals surface area contributed by atoms with E-state index in [9.17, 15) is 0 Å². The van der Waals surface area contributed by atoms with Crippen molar-refractivity contribution in [2.75, 3.05) is 23.7 Å². The standard InChI is InChI=1S/C16H19N3/c17-15-6-1-7-16-14(15)5-3-10-19(16)11-8-13-4-2-9-18-12-13/h1-2,4,6-7,9,12H,3,5,8,10-11,17H2. The molecule has 2 heterocycles. The van der Waals surface area contributed by atoms with Crippen molar-refractivity contribution in [3.8, 4) is 0 Å². The first-order chi connectivity index (χ1) is 9.34. The van der Waals surface area contributed by atoms with Crippen molar-refractivity contribution in [3.63, 3.8) is 0 Å². The third-order valence-electron chi connectivity index (χ3n) is 3.78. The van der Waals surface area contributed by atoms with Crippen LogP contribution in [0.5, 0.6) is 0 Å². The fourth-order valence-electron chi connectivity index (χ4n) is 2.77. The molecule has 1 aliphatic rings. The third kappa shape index (κ3) is 2.55. The molecule has 0 fully saturated rings. The molecule has 3 rings (SSSR count). The van der Waals surface area contributed by atoms with Gasteiger partial charge in [-0.2, -0.15) is 0 Å². The van der Waals surface area contributed by atoms with E-state index in [-0.39, 0.29) is 0 Å². The molecular weight excluding hydrogens is 234 g/mol. The Kier molecular flexibility index (Phi) is 3.36. The van der Waals surface area contributed by atoms with Crippen LogP contribution in [0.2, 0.25) is 0 Å². The number of nitrogens with zero attached hydrogens (tertiary/aromatic N) is 2. The van der Waals surface area contributed by atoms with Gasteiger partial charge in [0.1, 0.15) is 0 Å². The van der Waals surface area contributed by atoms with Crippen molar-refractivity contribution in [2.24, 2.45) is 0 Å². The fraction of sp³-hybridized carbons (Fsp3) is 0.312. The van der Waals surface area contributed by atoms with Crippen molar-refractivity contribution < 1.29 is 0 Å². The van der Waals surface area contributed by atoms with E-state index in [1.807, 2.05) is 24.5 Å². The summed E-state index contributed by atoms with van der Waals surface area (Å²) in [6.07, 6.45) is 7.09. The first kappa shape index (κ1) is 12.0. The van der Waals surface area contributed by atoms with Crippen LogP contribution in [0.25, 0.3) is 0 Å². The number of hydrogen-bond donors (Lipinski definition) is 1. The van der Waals surface area contributed by atoms with Gasteiger partial charge in [-0.25, -0.2) is 0 Å². The molecule has 3 nitrogen and oxygen atoms in total. The first-order valence-corrected chi connectivity index (χ1v) is 6.86. The zero-order valence-electron chi connectivity index (χ0n) is 11.0. The Morgan fingerprint density at radius 2 is 2.16 bits per heavy atom. The Morgan fingerprint density at radius 3 is 3.00 bits per heavy atom. The van der Waals surface area contributed by atoms with Gasteiger partial charge in [-0.05, 0) is 48.6 Å². The van der Waals surface area contributed by atoms with Crippen molar-refractivity contribution in [3.05, 3.63) is 53.9 Å². The molecule has 0 saturated heterocycles. The van der Waals surface area contributed by atoms with E-state index in [0.29, 0.717) is 0 Å². The normalized spacial score (nSPS) is 14.2. The highest BCUT2D eigenvalue weighted by Gasteiger charge is 2.17. The van der Waals surface area contributed by atoms with Gasteiger partial charge in [0.2, 0.25) is 0 Å². The summed E-state index contributed by atoms with van der Waals surface area (Å²) in [5.74, 6) is 0. The van der Waals surface area contributed by atoms with Crippen LogP contribution in [-0.2, 0) is 12.8 Å². The van der Waals surface area contributed by atoms with E-state index < -0.39 is 0 Å². The summed E-state index contributed by atoms with van der Waals surface area (Å²) >= 11 is 0. The monoisotopic (exact) mass is 253 g/mol. The molecule has 98 valence electrons. The lowest BCUT2D eigenvalue weighted by Gasteiger charge is -2.32. The van der Waals surface area contributed by atoms with Gasteiger partial charge in [0.05, 0.1) is 0 Å². The third-order valence-corrected chi connectivity index (χ3v) is 3.78. The van der Waals surface area contributed by atoms with Gasteiger partial charge in [-0.3, -0.25) is 4.98 Å². The van der Waals surface area contributed by atoms with E-state index in [0.717, 1.165) is 31.6 Å². The smallest absolute Gasteiger partial charge is 0.0419 e. The molecule has 2 aromatic rings. The maximum absolute atomic E-state index is 6.07. The highest BCUT2D eigenvalue weighted by molar-refractivity contribution is 5.66. The number of nitrogen functional groups attached to an aromatic ring is 1. The van der Waals surface area contributed by atoms with E-state index in [1.165, 1.54) is 23.2 Å². The second-order valence-corrected chi connectivity index (χ2v) is 5.05. The highest BCUT2D eigenvalue weighted by atomic mass is 15.1. The first-order valence-electron chi connectivity index (χ1n) is 6.86. The summed E-state index contributed by atoms with van der Waals surface area (Å²) in [5.41, 5.74) is 10.9. The van der Waals surface area contributed by atoms with Gasteiger partial charge in [-0.1, -0.05) is 12.1 Å². The quantitative estimate of drug-likeness (QED) is 0.855. The molecule has 2 N–H and O–H groups in total. The number of pyridine rings is 1. The van der Waals surface area contributed by atoms with Gasteiger partial charge < -0.3 is 10.6 Å². The van der Waals surface area contributed by atoms with E-state index in [2.05, 4.69) is 28.1 Å². The largest absolute Gasteiger partial charge is 0.398 e. The number of anilines is 2. The van der Waals surface area contributed by atoms with Crippen LogP contribution in [-0.4, -0.2) is 18.1 Å². The molecule has 0 spiro atoms. The second-order valence-electron chi connectivity index (χ2n) is 5.05. The summed E-state index contributed by atoms with van der Waals surface area (Å²) in [4.78, 5) is 6.61. The number of fused-ring (bicyclic) bond motifs is 1. The molecule has 0 saturated carbocycles. The summed E-state index contributed by atoms with van der Waals surface area (Å²) in [6, 6.07) is 10.4. The maximum Gasteiger partial charge on any atom is 0.0419 e. The summed E-state index contributed by atoms with van der Waals surface area (Å²) in [5, 5.41) is 0. The van der Waals surface area contributed by atoms with Crippen LogP contribution in [0.1, 0.15) is 17.5 Å². The number of rotatable bonds is 3. The van der Waals surface area contributed by atoms with Crippen LogP contribution in [0.3, 0.4) is 0 Å². The zero-order valence-corrected chi connectivity index (χ0v) is 11.0. The van der Waals surface area contributed by atoms with Crippen LogP contribution in [0.15, 0.2) is 42.7 Å². The molecule has 0 aliphatic carbocycles. The SMILES string of the molecule is Nc1cccc2c1CCCN2CCc1cccnc1. The van der Waals surface area contributed by atoms with Gasteiger partial charge in [-0.15, -0.1) is 0 Å². The molecule has 1 aromatic heterocycles. The minimum Gasteiger partial charge on any atom is -0.398 e. The Labute approximate surface area is 114 Å². The number of aromatic nitrogens is 1. The Hall–Kier alpha value is -2.03. The molecule has 0 unspecified atom stereocenters. The van der Waals surface area contributed by atoms with Gasteiger partial charge >= 0.3 is 0 Å². The predicted molar refractivity (Wildman–Crippen MR) is 79.3 cm³/mol. The van der Waals surface area contributed by atoms with Gasteiger partial charge in [0.25, 0.3) is 0 Å². The van der Waals surface area contributed by atoms with Crippen molar-refractivity contribution in [1.29, 1.82) is 0 Å². The van der Waals surface area contributed by atoms with E-state index >= 15 is 0 Å². The molecule has 1 aromatic carbocycles. The average molecular weight is 253 g/mol. The molecule has 0 amide bonds. The van der Waals surface area contributed by atoms with E-state index in [4.69, 9.17) is 5.73 Å². The minimum atomic E-state index is 0.934. The van der Waals surface area contributed by atoms with Crippen LogP contribution >= 0.6 is 0 Å². The fourth-order valence-corrected chi connectivity index (χ4v) is 2.77. The number of hydrogen-bond acceptors (Lipinski definition) is 3. The van der Waals surface area contributed by atoms with Crippen LogP contribution in [0.4, 0.5) is 11.4 Å². The molecule has 3 heteroatoms. The maximum atomic E-state index is 6.07. The Bertz CT molecular complexity index is 551. The van der Waals surface area contributed by atoms with Gasteiger partial charge in [0.15, 0.2) is 0 Å². The van der Waals surface area contributed by atoms with Crippen molar-refractivity contribution in [2.45, 2.75) is 19.3 Å². The van der Waals surface area contributed by atoms with Crippen LogP contribution < -0.4 is 10.6 Å². The summed E-state index contributed by atoms with van der Waals surface area (Å²) in [6.45, 7) is 2.15. The summed E-state index contributed by atoms with van der Waals surface area (Å²) in [7, 11) is 0. The molecule has 0 bridgehead atoms. The number of benzene rings is 1. The van der Waals surface area contributed by atoms with Crippen LogP contribution in [0, 0.1) is 0 Å². The number of nitrogens with two attached hydrogens (primary N) is 1. The molecule has 0 radical (unpaired) electrons. The molecule has 1 aliphatic heterocycles. The predicted octanol–water partition coefficient (Wildman–Crippen LogP) is 2.66. The second kappa shape index (κ2) is 5.31. The van der Waals surface area contributed by atoms with E-state index in [1.54, 1.807) is 0 Å². The van der Waals surface area contributed by atoms with Crippen molar-refractivity contribution >= 4 is 11.4 Å². The minimum absolute atomic E-state index is 0.934. The lowest BCUT2D eigenvalue weighted by molar-refractivity contribution is 0.688. The Balaban J connectivity index is 1.75. The lowest BCUT2D eigenvalue weighted by atomic mass is 9.99. The topological polar surface area (TPSA) is 42.1 Å². The van der Waals surface area contributed by atoms with Gasteiger partial charge in [0, 0.05) is 36.9 Å². The highest BCUT2D eigenvalue weighted by Crippen LogP contribution is 2.31. The summed E-state index contributed by atoms with van der Waals surface area (Å²) < 4.78 is 0. The molecular formula is C16H19N3. The molecule has 0 atom stereocenters. The Morgan fingerprint density at radius 1 is 1.21 bits per heavy atom. The average Bonchev–Trinajstić information content (AvgIpc) is 2.47. The molecule has 19 heavy (non-hydrogen) atoms. The van der Waals surface area contributed by atoms with Crippen molar-refractivity contribution in [1.82, 2.24) is 4.98 Å².